The molecule has 1 amide bonds. The molecule has 0 unspecified atom stereocenters. The molecule has 0 aliphatic heterocycles. The summed E-state index contributed by atoms with van der Waals surface area (Å²) in [6.07, 6.45) is 0.442. The topological polar surface area (TPSA) is 86.6 Å². The number of carboxylic acid groups (broad SMARTS) is 1. The highest BCUT2D eigenvalue weighted by atomic mass is 16.4. The molecule has 0 heterocycles. The van der Waals surface area contributed by atoms with Crippen LogP contribution in [0, 0.1) is 6.92 Å². The van der Waals surface area contributed by atoms with Crippen molar-refractivity contribution in [2.24, 2.45) is 0 Å². The molecule has 0 saturated heterocycles. The summed E-state index contributed by atoms with van der Waals surface area (Å²) in [6, 6.07) is 19.5. The van der Waals surface area contributed by atoms with Gasteiger partial charge in [-0.1, -0.05) is 54.1 Å². The molecule has 5 nitrogen and oxygen atoms in total. The molecule has 3 N–H and O–H groups in total. The van der Waals surface area contributed by atoms with E-state index in [9.17, 15) is 19.8 Å². The molecule has 0 fully saturated rings. The predicted molar refractivity (Wildman–Crippen MR) is 103 cm³/mol. The van der Waals surface area contributed by atoms with Crippen molar-refractivity contribution in [2.45, 2.75) is 13.3 Å². The number of phenols is 1. The average Bonchev–Trinajstić information content (AvgIpc) is 2.65. The molecule has 27 heavy (non-hydrogen) atoms. The number of nitrogens with one attached hydrogen (secondary N) is 1. The first-order chi connectivity index (χ1) is 13.0. The fourth-order valence-electron chi connectivity index (χ4n) is 2.80. The Balaban J connectivity index is 1.99. The highest BCUT2D eigenvalue weighted by Gasteiger charge is 2.19. The highest BCUT2D eigenvalue weighted by Crippen LogP contribution is 2.33. The van der Waals surface area contributed by atoms with E-state index in [1.54, 1.807) is 18.2 Å². The Labute approximate surface area is 156 Å². The molecule has 0 saturated carbocycles. The summed E-state index contributed by atoms with van der Waals surface area (Å²) in [5, 5.41) is 22.4. The molecule has 0 atom stereocenters. The van der Waals surface area contributed by atoms with Crippen molar-refractivity contribution in [2.75, 3.05) is 5.32 Å². The van der Waals surface area contributed by atoms with Crippen LogP contribution in [-0.4, -0.2) is 22.1 Å². The van der Waals surface area contributed by atoms with Crippen LogP contribution in [0.5, 0.6) is 5.75 Å². The van der Waals surface area contributed by atoms with E-state index in [-0.39, 0.29) is 11.3 Å². The van der Waals surface area contributed by atoms with Gasteiger partial charge in [0.15, 0.2) is 5.75 Å². The third-order valence-corrected chi connectivity index (χ3v) is 4.28. The molecule has 3 aromatic carbocycles. The first-order valence-corrected chi connectivity index (χ1v) is 8.46. The summed E-state index contributed by atoms with van der Waals surface area (Å²) in [5.74, 6) is -2.12. The fourth-order valence-corrected chi connectivity index (χ4v) is 2.80. The third-order valence-electron chi connectivity index (χ3n) is 4.28. The molecule has 0 radical (unpaired) electrons. The molecule has 136 valence electrons. The van der Waals surface area contributed by atoms with Crippen LogP contribution < -0.4 is 5.32 Å². The standard InChI is InChI=1S/C22H19NO4/c1-14-7-9-16(10-8-14)21(25)23-19-17(13-15-5-3-2-4-6-15)11-12-18(20(19)24)22(26)27/h2-12,24H,13H2,1H3,(H,23,25)(H,26,27). The minimum absolute atomic E-state index is 0.115. The van der Waals surface area contributed by atoms with E-state index in [2.05, 4.69) is 5.32 Å². The number of aryl methyl sites for hydroxylation is 1. The second kappa shape index (κ2) is 7.74. The lowest BCUT2D eigenvalue weighted by atomic mass is 10.00. The van der Waals surface area contributed by atoms with E-state index in [1.165, 1.54) is 6.07 Å². The lowest BCUT2D eigenvalue weighted by Gasteiger charge is -2.15. The molecular formula is C22H19NO4. The van der Waals surface area contributed by atoms with Crippen LogP contribution in [0.4, 0.5) is 5.69 Å². The van der Waals surface area contributed by atoms with Gasteiger partial charge in [0, 0.05) is 5.56 Å². The molecule has 0 aromatic heterocycles. The van der Waals surface area contributed by atoms with Gasteiger partial charge in [-0.2, -0.15) is 0 Å². The van der Waals surface area contributed by atoms with E-state index in [4.69, 9.17) is 0 Å². The summed E-state index contributed by atoms with van der Waals surface area (Å²) in [6.45, 7) is 1.92. The van der Waals surface area contributed by atoms with Crippen molar-refractivity contribution < 1.29 is 19.8 Å². The van der Waals surface area contributed by atoms with Crippen molar-refractivity contribution in [3.05, 3.63) is 94.5 Å². The van der Waals surface area contributed by atoms with Gasteiger partial charge >= 0.3 is 5.97 Å². The molecule has 0 aliphatic rings. The maximum Gasteiger partial charge on any atom is 0.339 e. The largest absolute Gasteiger partial charge is 0.505 e. The van der Waals surface area contributed by atoms with E-state index >= 15 is 0 Å². The Hall–Kier alpha value is -3.60. The number of hydrogen-bond donors (Lipinski definition) is 3. The summed E-state index contributed by atoms with van der Waals surface area (Å²) >= 11 is 0. The van der Waals surface area contributed by atoms with Crippen LogP contribution in [0.3, 0.4) is 0 Å². The summed E-state index contributed by atoms with van der Waals surface area (Å²) in [7, 11) is 0. The van der Waals surface area contributed by atoms with Gasteiger partial charge in [-0.25, -0.2) is 4.79 Å². The molecule has 3 aromatic rings. The number of benzene rings is 3. The zero-order valence-corrected chi connectivity index (χ0v) is 14.8. The predicted octanol–water partition coefficient (Wildman–Crippen LogP) is 4.24. The molecular weight excluding hydrogens is 342 g/mol. The molecule has 0 bridgehead atoms. The van der Waals surface area contributed by atoms with Crippen LogP contribution in [0.2, 0.25) is 0 Å². The number of carbonyl (C=O) groups is 2. The maximum atomic E-state index is 12.6. The molecule has 0 aliphatic carbocycles. The Morgan fingerprint density at radius 3 is 2.22 bits per heavy atom. The maximum absolute atomic E-state index is 12.6. The van der Waals surface area contributed by atoms with E-state index < -0.39 is 17.6 Å². The van der Waals surface area contributed by atoms with Gasteiger partial charge in [0.1, 0.15) is 5.56 Å². The minimum Gasteiger partial charge on any atom is -0.505 e. The monoisotopic (exact) mass is 361 g/mol. The van der Waals surface area contributed by atoms with Crippen molar-refractivity contribution >= 4 is 17.6 Å². The lowest BCUT2D eigenvalue weighted by Crippen LogP contribution is -2.14. The minimum atomic E-state index is -1.26. The average molecular weight is 361 g/mol. The smallest absolute Gasteiger partial charge is 0.339 e. The van der Waals surface area contributed by atoms with Gasteiger partial charge in [0.2, 0.25) is 0 Å². The van der Waals surface area contributed by atoms with Crippen molar-refractivity contribution in [1.82, 2.24) is 0 Å². The van der Waals surface area contributed by atoms with Gasteiger partial charge in [0.25, 0.3) is 5.91 Å². The number of rotatable bonds is 5. The number of carboxylic acids is 1. The van der Waals surface area contributed by atoms with Gasteiger partial charge in [-0.15, -0.1) is 0 Å². The number of aromatic carboxylic acids is 1. The SMILES string of the molecule is Cc1ccc(C(=O)Nc2c(Cc3ccccc3)ccc(C(=O)O)c2O)cc1. The van der Waals surface area contributed by atoms with Crippen LogP contribution >= 0.6 is 0 Å². The lowest BCUT2D eigenvalue weighted by molar-refractivity contribution is 0.0693. The Morgan fingerprint density at radius 2 is 1.59 bits per heavy atom. The van der Waals surface area contributed by atoms with Gasteiger partial charge in [-0.05, 0) is 42.7 Å². The number of amides is 1. The molecule has 3 rings (SSSR count). The number of aromatic hydroxyl groups is 1. The van der Waals surface area contributed by atoms with Crippen LogP contribution in [0.25, 0.3) is 0 Å². The van der Waals surface area contributed by atoms with Crippen molar-refractivity contribution in [3.63, 3.8) is 0 Å². The quantitative estimate of drug-likeness (QED) is 0.593. The van der Waals surface area contributed by atoms with Crippen molar-refractivity contribution in [3.8, 4) is 5.75 Å². The van der Waals surface area contributed by atoms with E-state index in [1.807, 2.05) is 49.4 Å². The summed E-state index contributed by atoms with van der Waals surface area (Å²) in [4.78, 5) is 24.0. The second-order valence-electron chi connectivity index (χ2n) is 6.28. The highest BCUT2D eigenvalue weighted by molar-refractivity contribution is 6.07. The second-order valence-corrected chi connectivity index (χ2v) is 6.28. The number of carbonyl (C=O) groups excluding carboxylic acids is 1. The summed E-state index contributed by atoms with van der Waals surface area (Å²) < 4.78 is 0. The van der Waals surface area contributed by atoms with Gasteiger partial charge in [0.05, 0.1) is 5.69 Å². The Kier molecular flexibility index (Phi) is 5.22. The first kappa shape index (κ1) is 18.2. The first-order valence-electron chi connectivity index (χ1n) is 8.46. The van der Waals surface area contributed by atoms with Gasteiger partial charge < -0.3 is 15.5 Å². The Morgan fingerprint density at radius 1 is 0.926 bits per heavy atom. The molecule has 0 spiro atoms. The number of anilines is 1. The van der Waals surface area contributed by atoms with E-state index in [0.717, 1.165) is 11.1 Å². The summed E-state index contributed by atoms with van der Waals surface area (Å²) in [5.41, 5.74) is 2.91. The third kappa shape index (κ3) is 4.15. The normalized spacial score (nSPS) is 10.4. The van der Waals surface area contributed by atoms with Crippen LogP contribution in [0.15, 0.2) is 66.7 Å². The number of hydrogen-bond acceptors (Lipinski definition) is 3. The van der Waals surface area contributed by atoms with Gasteiger partial charge in [-0.3, -0.25) is 4.79 Å². The zero-order valence-electron chi connectivity index (χ0n) is 14.8. The zero-order chi connectivity index (χ0) is 19.4. The van der Waals surface area contributed by atoms with Crippen molar-refractivity contribution in [1.29, 1.82) is 0 Å². The van der Waals surface area contributed by atoms with E-state index in [0.29, 0.717) is 17.5 Å². The fraction of sp³-hybridized carbons (Fsp3) is 0.0909. The molecule has 5 heteroatoms. The van der Waals surface area contributed by atoms with Crippen LogP contribution in [0.1, 0.15) is 37.4 Å². The Bertz CT molecular complexity index is 979. The van der Waals surface area contributed by atoms with Crippen LogP contribution in [-0.2, 0) is 6.42 Å².